The molecule has 0 saturated heterocycles. The molecule has 0 aliphatic heterocycles. The van der Waals surface area contributed by atoms with Gasteiger partial charge in [0, 0.05) is 25.0 Å². The Balaban J connectivity index is 2.02. The van der Waals surface area contributed by atoms with Gasteiger partial charge in [0.2, 0.25) is 10.0 Å². The van der Waals surface area contributed by atoms with Gasteiger partial charge in [0.05, 0.1) is 4.90 Å². The highest BCUT2D eigenvalue weighted by Crippen LogP contribution is 2.44. The first kappa shape index (κ1) is 12.6. The molecular formula is C11H19N3O2S. The van der Waals surface area contributed by atoms with Crippen molar-refractivity contribution in [1.82, 2.24) is 15.0 Å². The number of H-pyrrole nitrogens is 1. The van der Waals surface area contributed by atoms with Crippen molar-refractivity contribution in [3.05, 3.63) is 18.0 Å². The largest absolute Gasteiger partial charge is 0.363 e. The predicted octanol–water partition coefficient (Wildman–Crippen LogP) is 0.812. The first-order valence-electron chi connectivity index (χ1n) is 5.77. The van der Waals surface area contributed by atoms with Gasteiger partial charge in [-0.2, -0.15) is 0 Å². The number of nitrogens with one attached hydrogen (secondary N) is 3. The smallest absolute Gasteiger partial charge is 0.242 e. The number of hydrogen-bond donors (Lipinski definition) is 3. The molecule has 1 aromatic rings. The zero-order valence-electron chi connectivity index (χ0n) is 10.2. The first-order valence-corrected chi connectivity index (χ1v) is 7.25. The van der Waals surface area contributed by atoms with Crippen molar-refractivity contribution in [3.63, 3.8) is 0 Å². The van der Waals surface area contributed by atoms with Gasteiger partial charge in [-0.25, -0.2) is 13.1 Å². The normalized spacial score (nSPS) is 18.2. The summed E-state index contributed by atoms with van der Waals surface area (Å²) in [6.45, 7) is 3.26. The van der Waals surface area contributed by atoms with Crippen LogP contribution in [0.25, 0.3) is 0 Å². The molecule has 17 heavy (non-hydrogen) atoms. The summed E-state index contributed by atoms with van der Waals surface area (Å²) in [6.07, 6.45) is 3.74. The summed E-state index contributed by atoms with van der Waals surface area (Å²) >= 11 is 0. The van der Waals surface area contributed by atoms with E-state index in [1.165, 1.54) is 6.20 Å². The van der Waals surface area contributed by atoms with Crippen LogP contribution in [-0.4, -0.2) is 27.0 Å². The Hall–Kier alpha value is -0.850. The molecule has 1 heterocycles. The topological polar surface area (TPSA) is 74.0 Å². The average molecular weight is 257 g/mol. The number of hydrogen-bond acceptors (Lipinski definition) is 3. The van der Waals surface area contributed by atoms with E-state index in [9.17, 15) is 8.42 Å². The van der Waals surface area contributed by atoms with Crippen LogP contribution in [0.5, 0.6) is 0 Å². The molecule has 1 fully saturated rings. The summed E-state index contributed by atoms with van der Waals surface area (Å²) in [7, 11) is -1.54. The van der Waals surface area contributed by atoms with E-state index in [-0.39, 0.29) is 5.41 Å². The van der Waals surface area contributed by atoms with Gasteiger partial charge < -0.3 is 10.3 Å². The average Bonchev–Trinajstić information content (AvgIpc) is 2.81. The standard InChI is InChI=1S/C11H19N3O2S/c1-11(3-4-11)8-14-17(15,16)10-5-9(6-12-2)13-7-10/h5,7,12-14H,3-4,6,8H2,1-2H3. The van der Waals surface area contributed by atoms with Crippen LogP contribution in [0.2, 0.25) is 0 Å². The number of aromatic amines is 1. The predicted molar refractivity (Wildman–Crippen MR) is 66.1 cm³/mol. The SMILES string of the molecule is CNCc1cc(S(=O)(=O)NCC2(C)CC2)c[nH]1. The maximum Gasteiger partial charge on any atom is 0.242 e. The fourth-order valence-corrected chi connectivity index (χ4v) is 2.83. The second-order valence-corrected chi connectivity index (χ2v) is 6.79. The summed E-state index contributed by atoms with van der Waals surface area (Å²) in [5.74, 6) is 0. The molecule has 1 aliphatic rings. The third-order valence-corrected chi connectivity index (χ3v) is 4.57. The molecule has 0 spiro atoms. The molecule has 1 saturated carbocycles. The summed E-state index contributed by atoms with van der Waals surface area (Å²) in [6, 6.07) is 1.66. The lowest BCUT2D eigenvalue weighted by molar-refractivity contribution is 0.530. The summed E-state index contributed by atoms with van der Waals surface area (Å²) in [4.78, 5) is 3.26. The summed E-state index contributed by atoms with van der Waals surface area (Å²) < 4.78 is 26.6. The van der Waals surface area contributed by atoms with Gasteiger partial charge >= 0.3 is 0 Å². The van der Waals surface area contributed by atoms with E-state index < -0.39 is 10.0 Å². The zero-order chi connectivity index (χ0) is 12.5. The molecule has 2 rings (SSSR count). The molecule has 0 atom stereocenters. The van der Waals surface area contributed by atoms with Crippen molar-refractivity contribution in [2.45, 2.75) is 31.2 Å². The van der Waals surface area contributed by atoms with Gasteiger partial charge in [-0.15, -0.1) is 0 Å². The maximum atomic E-state index is 12.0. The quantitative estimate of drug-likeness (QED) is 0.706. The van der Waals surface area contributed by atoms with Gasteiger partial charge in [-0.3, -0.25) is 0 Å². The monoisotopic (exact) mass is 257 g/mol. The molecule has 1 aliphatic carbocycles. The van der Waals surface area contributed by atoms with Crippen LogP contribution < -0.4 is 10.0 Å². The van der Waals surface area contributed by atoms with Crippen LogP contribution in [0.3, 0.4) is 0 Å². The minimum atomic E-state index is -3.36. The lowest BCUT2D eigenvalue weighted by atomic mass is 10.2. The lowest BCUT2D eigenvalue weighted by Crippen LogP contribution is -2.28. The molecule has 0 unspecified atom stereocenters. The van der Waals surface area contributed by atoms with Gasteiger partial charge in [-0.05, 0) is 31.4 Å². The van der Waals surface area contributed by atoms with Gasteiger partial charge in [-0.1, -0.05) is 6.92 Å². The molecule has 0 amide bonds. The van der Waals surface area contributed by atoms with Crippen molar-refractivity contribution in [2.75, 3.05) is 13.6 Å². The van der Waals surface area contributed by atoms with Crippen LogP contribution in [0.4, 0.5) is 0 Å². The first-order chi connectivity index (χ1) is 7.95. The van der Waals surface area contributed by atoms with Crippen LogP contribution in [0.1, 0.15) is 25.5 Å². The Morgan fingerprint density at radius 1 is 1.47 bits per heavy atom. The summed E-state index contributed by atoms with van der Waals surface area (Å²) in [5, 5.41) is 2.97. The molecule has 6 heteroatoms. The fourth-order valence-electron chi connectivity index (χ4n) is 1.61. The Labute approximate surface area is 102 Å². The van der Waals surface area contributed by atoms with Crippen molar-refractivity contribution < 1.29 is 8.42 Å². The van der Waals surface area contributed by atoms with E-state index in [1.54, 1.807) is 6.07 Å². The molecule has 96 valence electrons. The highest BCUT2D eigenvalue weighted by atomic mass is 32.2. The molecule has 5 nitrogen and oxygen atoms in total. The van der Waals surface area contributed by atoms with E-state index in [1.807, 2.05) is 7.05 Å². The van der Waals surface area contributed by atoms with Crippen molar-refractivity contribution in [3.8, 4) is 0 Å². The number of aromatic nitrogens is 1. The van der Waals surface area contributed by atoms with E-state index in [0.717, 1.165) is 18.5 Å². The minimum Gasteiger partial charge on any atom is -0.363 e. The highest BCUT2D eigenvalue weighted by molar-refractivity contribution is 7.89. The van der Waals surface area contributed by atoms with Crippen LogP contribution in [0.15, 0.2) is 17.2 Å². The van der Waals surface area contributed by atoms with E-state index in [0.29, 0.717) is 18.0 Å². The fraction of sp³-hybridized carbons (Fsp3) is 0.636. The zero-order valence-corrected chi connectivity index (χ0v) is 11.0. The lowest BCUT2D eigenvalue weighted by Gasteiger charge is -2.09. The Bertz CT molecular complexity index is 489. The Morgan fingerprint density at radius 2 is 2.18 bits per heavy atom. The van der Waals surface area contributed by atoms with Crippen molar-refractivity contribution in [1.29, 1.82) is 0 Å². The molecular weight excluding hydrogens is 238 g/mol. The minimum absolute atomic E-state index is 0.178. The third-order valence-electron chi connectivity index (χ3n) is 3.19. The van der Waals surface area contributed by atoms with E-state index in [2.05, 4.69) is 21.9 Å². The van der Waals surface area contributed by atoms with E-state index in [4.69, 9.17) is 0 Å². The third kappa shape index (κ3) is 3.08. The van der Waals surface area contributed by atoms with Crippen molar-refractivity contribution in [2.24, 2.45) is 5.41 Å². The Kier molecular flexibility index (Phi) is 3.29. The van der Waals surface area contributed by atoms with Crippen LogP contribution in [-0.2, 0) is 16.6 Å². The van der Waals surface area contributed by atoms with Crippen LogP contribution in [0, 0.1) is 5.41 Å². The second kappa shape index (κ2) is 4.44. The Morgan fingerprint density at radius 3 is 2.76 bits per heavy atom. The highest BCUT2D eigenvalue weighted by Gasteiger charge is 2.38. The molecule has 0 aromatic carbocycles. The van der Waals surface area contributed by atoms with Crippen LogP contribution >= 0.6 is 0 Å². The molecule has 1 aromatic heterocycles. The molecule has 0 bridgehead atoms. The van der Waals surface area contributed by atoms with Gasteiger partial charge in [0.25, 0.3) is 0 Å². The molecule has 3 N–H and O–H groups in total. The van der Waals surface area contributed by atoms with Gasteiger partial charge in [0.15, 0.2) is 0 Å². The number of sulfonamides is 1. The second-order valence-electron chi connectivity index (χ2n) is 5.03. The van der Waals surface area contributed by atoms with Crippen molar-refractivity contribution >= 4 is 10.0 Å². The maximum absolute atomic E-state index is 12.0. The van der Waals surface area contributed by atoms with Gasteiger partial charge in [0.1, 0.15) is 0 Å². The molecule has 0 radical (unpaired) electrons. The number of rotatable bonds is 6. The van der Waals surface area contributed by atoms with E-state index >= 15 is 0 Å². The summed E-state index contributed by atoms with van der Waals surface area (Å²) in [5.41, 5.74) is 1.04.